The van der Waals surface area contributed by atoms with Gasteiger partial charge in [-0.25, -0.2) is 9.18 Å². The Morgan fingerprint density at radius 2 is 1.93 bits per heavy atom. The molecule has 0 radical (unpaired) electrons. The highest BCUT2D eigenvalue weighted by atomic mass is 35.5. The number of anilines is 1. The number of esters is 1. The fourth-order valence-electron chi connectivity index (χ4n) is 2.18. The zero-order chi connectivity index (χ0) is 20.0. The lowest BCUT2D eigenvalue weighted by molar-refractivity contribution is -0.123. The Morgan fingerprint density at radius 1 is 1.19 bits per heavy atom. The summed E-state index contributed by atoms with van der Waals surface area (Å²) in [5.41, 5.74) is 0.424. The van der Waals surface area contributed by atoms with E-state index in [-0.39, 0.29) is 16.3 Å². The number of hydrogen-bond acceptors (Lipinski definition) is 5. The van der Waals surface area contributed by atoms with Gasteiger partial charge in [-0.05, 0) is 50.2 Å². The Kier molecular flexibility index (Phi) is 7.01. The van der Waals surface area contributed by atoms with Crippen LogP contribution in [0.1, 0.15) is 24.2 Å². The fraction of sp³-hybridized carbons (Fsp3) is 0.263. The number of rotatable bonds is 7. The third-order valence-corrected chi connectivity index (χ3v) is 3.85. The number of carbonyl (C=O) groups is 2. The van der Waals surface area contributed by atoms with Crippen LogP contribution in [0.3, 0.4) is 0 Å². The van der Waals surface area contributed by atoms with Crippen molar-refractivity contribution >= 4 is 29.2 Å². The molecule has 0 spiro atoms. The third kappa shape index (κ3) is 5.34. The lowest BCUT2D eigenvalue weighted by atomic mass is 10.2. The van der Waals surface area contributed by atoms with E-state index in [0.717, 1.165) is 12.1 Å². The van der Waals surface area contributed by atoms with Gasteiger partial charge in [0.25, 0.3) is 5.91 Å². The maximum absolute atomic E-state index is 13.1. The fourth-order valence-corrected chi connectivity index (χ4v) is 2.39. The van der Waals surface area contributed by atoms with Gasteiger partial charge in [-0.2, -0.15) is 0 Å². The molecule has 1 amide bonds. The number of methoxy groups -OCH3 is 1. The van der Waals surface area contributed by atoms with E-state index in [1.165, 1.54) is 32.2 Å². The average Bonchev–Trinajstić information content (AvgIpc) is 2.64. The van der Waals surface area contributed by atoms with Gasteiger partial charge < -0.3 is 19.5 Å². The smallest absolute Gasteiger partial charge is 0.339 e. The Morgan fingerprint density at radius 3 is 2.56 bits per heavy atom. The number of halogens is 2. The maximum Gasteiger partial charge on any atom is 0.339 e. The molecule has 0 saturated heterocycles. The first-order chi connectivity index (χ1) is 12.8. The molecule has 144 valence electrons. The zero-order valence-electron chi connectivity index (χ0n) is 15.0. The monoisotopic (exact) mass is 395 g/mol. The Balaban J connectivity index is 2.06. The van der Waals surface area contributed by atoms with Crippen LogP contribution in [0.2, 0.25) is 5.02 Å². The molecule has 6 nitrogen and oxygen atoms in total. The van der Waals surface area contributed by atoms with E-state index in [1.54, 1.807) is 13.0 Å². The number of benzene rings is 2. The van der Waals surface area contributed by atoms with Crippen LogP contribution >= 0.6 is 11.6 Å². The lowest BCUT2D eigenvalue weighted by Crippen LogP contribution is -2.30. The number of amides is 1. The first kappa shape index (κ1) is 20.5. The summed E-state index contributed by atoms with van der Waals surface area (Å²) in [5, 5.41) is 2.52. The maximum atomic E-state index is 13.1. The molecule has 1 N–H and O–H groups in total. The van der Waals surface area contributed by atoms with Gasteiger partial charge in [0.2, 0.25) is 0 Å². The molecule has 0 fully saturated rings. The summed E-state index contributed by atoms with van der Waals surface area (Å²) >= 11 is 5.87. The molecule has 0 bridgehead atoms. The van der Waals surface area contributed by atoms with Gasteiger partial charge in [-0.3, -0.25) is 4.79 Å². The molecule has 1 unspecified atom stereocenters. The summed E-state index contributed by atoms with van der Waals surface area (Å²) in [6, 6.07) is 8.11. The molecule has 0 saturated carbocycles. The first-order valence-corrected chi connectivity index (χ1v) is 8.51. The average molecular weight is 396 g/mol. The summed E-state index contributed by atoms with van der Waals surface area (Å²) in [5.74, 6) is -0.960. The minimum Gasteiger partial charge on any atom is -0.493 e. The highest BCUT2D eigenvalue weighted by Gasteiger charge is 2.21. The molecule has 2 aromatic rings. The van der Waals surface area contributed by atoms with Crippen LogP contribution < -0.4 is 14.8 Å². The standard InChI is InChI=1S/C19H19ClFNO5/c1-4-26-17-9-12(5-8-16(17)25-3)19(24)27-11(2)18(23)22-15-7-6-13(21)10-14(15)20/h5-11H,4H2,1-3H3,(H,22,23). The van der Waals surface area contributed by atoms with Crippen molar-refractivity contribution in [2.75, 3.05) is 19.0 Å². The van der Waals surface area contributed by atoms with E-state index in [2.05, 4.69) is 5.32 Å². The van der Waals surface area contributed by atoms with Crippen LogP contribution in [-0.2, 0) is 9.53 Å². The molecule has 0 aliphatic carbocycles. The van der Waals surface area contributed by atoms with Crippen LogP contribution in [0.15, 0.2) is 36.4 Å². The Bertz CT molecular complexity index is 843. The normalized spacial score (nSPS) is 11.4. The van der Waals surface area contributed by atoms with Crippen molar-refractivity contribution in [3.05, 3.63) is 52.8 Å². The SMILES string of the molecule is CCOc1cc(C(=O)OC(C)C(=O)Nc2ccc(F)cc2Cl)ccc1OC. The Hall–Kier alpha value is -2.80. The van der Waals surface area contributed by atoms with Crippen molar-refractivity contribution in [2.45, 2.75) is 20.0 Å². The van der Waals surface area contributed by atoms with Gasteiger partial charge in [0.15, 0.2) is 17.6 Å². The second kappa shape index (κ2) is 9.23. The third-order valence-electron chi connectivity index (χ3n) is 3.54. The zero-order valence-corrected chi connectivity index (χ0v) is 15.8. The van der Waals surface area contributed by atoms with E-state index in [1.807, 2.05) is 0 Å². The van der Waals surface area contributed by atoms with Crippen molar-refractivity contribution in [2.24, 2.45) is 0 Å². The van der Waals surface area contributed by atoms with E-state index in [9.17, 15) is 14.0 Å². The molecule has 0 aliphatic heterocycles. The minimum absolute atomic E-state index is 0.0402. The number of hydrogen-bond donors (Lipinski definition) is 1. The second-order valence-corrected chi connectivity index (χ2v) is 5.87. The van der Waals surface area contributed by atoms with Crippen molar-refractivity contribution in [1.29, 1.82) is 0 Å². The molecule has 0 heterocycles. The van der Waals surface area contributed by atoms with Crippen molar-refractivity contribution in [1.82, 2.24) is 0 Å². The summed E-state index contributed by atoms with van der Waals surface area (Å²) in [7, 11) is 1.49. The van der Waals surface area contributed by atoms with Crippen molar-refractivity contribution in [3.8, 4) is 11.5 Å². The highest BCUT2D eigenvalue weighted by molar-refractivity contribution is 6.33. The van der Waals surface area contributed by atoms with E-state index in [4.69, 9.17) is 25.8 Å². The highest BCUT2D eigenvalue weighted by Crippen LogP contribution is 2.28. The van der Waals surface area contributed by atoms with Crippen LogP contribution in [0, 0.1) is 5.82 Å². The van der Waals surface area contributed by atoms with Crippen LogP contribution in [0.5, 0.6) is 11.5 Å². The van der Waals surface area contributed by atoms with Gasteiger partial charge in [0, 0.05) is 0 Å². The van der Waals surface area contributed by atoms with Crippen LogP contribution in [0.25, 0.3) is 0 Å². The van der Waals surface area contributed by atoms with Gasteiger partial charge in [-0.1, -0.05) is 11.6 Å². The van der Waals surface area contributed by atoms with Gasteiger partial charge in [0.1, 0.15) is 5.82 Å². The van der Waals surface area contributed by atoms with Crippen molar-refractivity contribution in [3.63, 3.8) is 0 Å². The molecular weight excluding hydrogens is 377 g/mol. The summed E-state index contributed by atoms with van der Waals surface area (Å²) in [4.78, 5) is 24.5. The topological polar surface area (TPSA) is 73.9 Å². The molecule has 1 atom stereocenters. The predicted octanol–water partition coefficient (Wildman–Crippen LogP) is 4.07. The quantitative estimate of drug-likeness (QED) is 0.715. The molecule has 27 heavy (non-hydrogen) atoms. The summed E-state index contributed by atoms with van der Waals surface area (Å²) < 4.78 is 28.8. The predicted molar refractivity (Wildman–Crippen MR) is 99.1 cm³/mol. The van der Waals surface area contributed by atoms with Gasteiger partial charge in [-0.15, -0.1) is 0 Å². The number of nitrogens with one attached hydrogen (secondary N) is 1. The van der Waals surface area contributed by atoms with E-state index < -0.39 is 23.8 Å². The largest absolute Gasteiger partial charge is 0.493 e. The van der Waals surface area contributed by atoms with Gasteiger partial charge in [0.05, 0.1) is 30.0 Å². The first-order valence-electron chi connectivity index (χ1n) is 8.13. The molecule has 2 aromatic carbocycles. The van der Waals surface area contributed by atoms with Gasteiger partial charge >= 0.3 is 5.97 Å². The minimum atomic E-state index is -1.10. The molecule has 8 heteroatoms. The molecule has 0 aromatic heterocycles. The number of carbonyl (C=O) groups excluding carboxylic acids is 2. The van der Waals surface area contributed by atoms with E-state index >= 15 is 0 Å². The summed E-state index contributed by atoms with van der Waals surface area (Å²) in [6.45, 7) is 3.61. The Labute approximate surface area is 161 Å². The lowest BCUT2D eigenvalue weighted by Gasteiger charge is -2.15. The van der Waals surface area contributed by atoms with Crippen molar-refractivity contribution < 1.29 is 28.2 Å². The van der Waals surface area contributed by atoms with Crippen LogP contribution in [-0.4, -0.2) is 31.7 Å². The van der Waals surface area contributed by atoms with Crippen LogP contribution in [0.4, 0.5) is 10.1 Å². The number of ether oxygens (including phenoxy) is 3. The molecular formula is C19H19ClFNO5. The molecule has 0 aliphatic rings. The second-order valence-electron chi connectivity index (χ2n) is 5.46. The van der Waals surface area contributed by atoms with E-state index in [0.29, 0.717) is 18.1 Å². The summed E-state index contributed by atoms with van der Waals surface area (Å²) in [6.07, 6.45) is -1.10. The molecule has 2 rings (SSSR count).